The number of aliphatic hydroxyl groups excluding tert-OH is 1. The molecule has 3 fully saturated rings. The molecule has 0 radical (unpaired) electrons. The lowest BCUT2D eigenvalue weighted by molar-refractivity contribution is -0.195. The van der Waals surface area contributed by atoms with Crippen molar-refractivity contribution in [3.8, 4) is 5.75 Å². The van der Waals surface area contributed by atoms with E-state index in [9.17, 15) is 24.2 Å². The molecule has 0 amide bonds. The van der Waals surface area contributed by atoms with Crippen LogP contribution in [0.1, 0.15) is 46.5 Å². The van der Waals surface area contributed by atoms with Crippen LogP contribution < -0.4 is 10.3 Å². The van der Waals surface area contributed by atoms with Crippen molar-refractivity contribution >= 4 is 25.1 Å². The van der Waals surface area contributed by atoms with Crippen molar-refractivity contribution in [2.45, 2.75) is 58.2 Å². The Morgan fingerprint density at radius 2 is 1.92 bits per heavy atom. The SMILES string of the molecule is CC1CC2C3CCC4=CC(=O)C=CC4(C)C3(F)C(O)CC2(C)C1C(=O)COP(=O)(O)Oc1ccc(N)cc1. The van der Waals surface area contributed by atoms with Gasteiger partial charge in [0.05, 0.1) is 6.10 Å². The minimum Gasteiger partial charge on any atom is -0.404 e. The minimum absolute atomic E-state index is 0.0643. The Balaban J connectivity index is 1.35. The van der Waals surface area contributed by atoms with Crippen molar-refractivity contribution in [1.82, 2.24) is 0 Å². The van der Waals surface area contributed by atoms with Gasteiger partial charge in [-0.1, -0.05) is 25.5 Å². The number of anilines is 1. The van der Waals surface area contributed by atoms with Crippen LogP contribution >= 0.6 is 7.82 Å². The van der Waals surface area contributed by atoms with E-state index in [1.165, 1.54) is 36.4 Å². The van der Waals surface area contributed by atoms with E-state index in [0.29, 0.717) is 30.5 Å². The van der Waals surface area contributed by atoms with E-state index < -0.39 is 48.9 Å². The van der Waals surface area contributed by atoms with Crippen molar-refractivity contribution in [3.63, 3.8) is 0 Å². The second-order valence-corrected chi connectivity index (χ2v) is 13.3. The monoisotopic (exact) mass is 547 g/mol. The van der Waals surface area contributed by atoms with E-state index >= 15 is 4.39 Å². The van der Waals surface area contributed by atoms with E-state index in [2.05, 4.69) is 0 Å². The first-order chi connectivity index (χ1) is 17.7. The molecule has 4 aliphatic rings. The van der Waals surface area contributed by atoms with Crippen molar-refractivity contribution < 1.29 is 37.6 Å². The number of fused-ring (bicyclic) bond motifs is 5. The number of phosphoric ester groups is 1. The second-order valence-electron chi connectivity index (χ2n) is 11.9. The van der Waals surface area contributed by atoms with Gasteiger partial charge in [0.1, 0.15) is 12.4 Å². The molecule has 0 aromatic heterocycles. The summed E-state index contributed by atoms with van der Waals surface area (Å²) in [5.41, 5.74) is 2.99. The van der Waals surface area contributed by atoms with Crippen molar-refractivity contribution in [3.05, 3.63) is 48.1 Å². The zero-order valence-electron chi connectivity index (χ0n) is 21.8. The topological polar surface area (TPSA) is 136 Å². The molecule has 9 unspecified atom stereocenters. The maximum Gasteiger partial charge on any atom is 0.527 e. The lowest BCUT2D eigenvalue weighted by Crippen LogP contribution is -2.66. The quantitative estimate of drug-likeness (QED) is 0.348. The summed E-state index contributed by atoms with van der Waals surface area (Å²) < 4.78 is 39.8. The van der Waals surface area contributed by atoms with Gasteiger partial charge in [0.2, 0.25) is 0 Å². The Morgan fingerprint density at radius 3 is 2.61 bits per heavy atom. The van der Waals surface area contributed by atoms with Gasteiger partial charge < -0.3 is 15.4 Å². The third-order valence-electron chi connectivity index (χ3n) is 9.80. The lowest BCUT2D eigenvalue weighted by atomic mass is 9.45. The van der Waals surface area contributed by atoms with E-state index in [0.717, 1.165) is 0 Å². The maximum absolute atomic E-state index is 17.2. The first-order valence-electron chi connectivity index (χ1n) is 13.1. The standard InChI is InChI=1S/C28H35FNO7P/c1-16-12-22-21-9-4-17-13-19(31)10-11-27(17,3)28(21,29)24(33)14-26(22,2)25(16)23(32)15-36-38(34,35)37-20-7-5-18(30)6-8-20/h5-8,10-11,13,16,21-22,24-25,33H,4,9,12,14-15,30H2,1-3H3,(H,34,35). The van der Waals surface area contributed by atoms with Gasteiger partial charge in [-0.3, -0.25) is 19.0 Å². The molecule has 3 saturated carbocycles. The number of ketones is 2. The predicted molar refractivity (Wildman–Crippen MR) is 139 cm³/mol. The number of hydrogen-bond donors (Lipinski definition) is 3. The Kier molecular flexibility index (Phi) is 6.54. The number of nitrogen functional groups attached to an aromatic ring is 1. The Labute approximate surface area is 221 Å². The molecule has 0 spiro atoms. The highest BCUT2D eigenvalue weighted by molar-refractivity contribution is 7.47. The van der Waals surface area contributed by atoms with Crippen LogP contribution in [0.25, 0.3) is 0 Å². The summed E-state index contributed by atoms with van der Waals surface area (Å²) >= 11 is 0. The number of benzene rings is 1. The van der Waals surface area contributed by atoms with Gasteiger partial charge in [-0.15, -0.1) is 0 Å². The number of carbonyl (C=O) groups is 2. The van der Waals surface area contributed by atoms with Crippen LogP contribution in [0.5, 0.6) is 5.75 Å². The largest absolute Gasteiger partial charge is 0.527 e. The molecule has 0 saturated heterocycles. The summed E-state index contributed by atoms with van der Waals surface area (Å²) in [5, 5.41) is 11.4. The summed E-state index contributed by atoms with van der Waals surface area (Å²) in [6.07, 6.45) is 4.82. The smallest absolute Gasteiger partial charge is 0.404 e. The first-order valence-corrected chi connectivity index (χ1v) is 14.6. The molecule has 5 rings (SSSR count). The average Bonchev–Trinajstić information content (AvgIpc) is 3.10. The van der Waals surface area contributed by atoms with Gasteiger partial charge in [0.25, 0.3) is 0 Å². The molecule has 206 valence electrons. The number of alkyl halides is 1. The molecule has 8 nitrogen and oxygen atoms in total. The Morgan fingerprint density at radius 1 is 1.24 bits per heavy atom. The molecule has 1 aromatic carbocycles. The Bertz CT molecular complexity index is 1260. The number of nitrogens with two attached hydrogens (primary N) is 1. The van der Waals surface area contributed by atoms with Crippen LogP contribution in [0, 0.1) is 34.5 Å². The molecular weight excluding hydrogens is 512 g/mol. The number of allylic oxidation sites excluding steroid dienone is 4. The summed E-state index contributed by atoms with van der Waals surface area (Å²) in [5.74, 6) is -1.88. The van der Waals surface area contributed by atoms with Gasteiger partial charge in [-0.2, -0.15) is 0 Å². The number of rotatable bonds is 6. The van der Waals surface area contributed by atoms with Crippen LogP contribution in [-0.2, 0) is 18.7 Å². The van der Waals surface area contributed by atoms with Gasteiger partial charge in [0, 0.05) is 22.9 Å². The zero-order chi connectivity index (χ0) is 27.7. The summed E-state index contributed by atoms with van der Waals surface area (Å²) in [6.45, 7) is 4.96. The molecule has 0 aliphatic heterocycles. The molecule has 10 heteroatoms. The molecule has 0 heterocycles. The molecule has 1 aromatic rings. The number of Topliss-reactive ketones (excluding diaryl/α,β-unsaturated/α-hetero) is 1. The molecule has 9 atom stereocenters. The van der Waals surface area contributed by atoms with Gasteiger partial charge in [-0.25, -0.2) is 8.96 Å². The van der Waals surface area contributed by atoms with Gasteiger partial charge in [-0.05, 0) is 86.3 Å². The van der Waals surface area contributed by atoms with E-state index in [-0.39, 0.29) is 35.6 Å². The summed E-state index contributed by atoms with van der Waals surface area (Å²) in [4.78, 5) is 35.7. The zero-order valence-corrected chi connectivity index (χ0v) is 22.7. The average molecular weight is 548 g/mol. The van der Waals surface area contributed by atoms with Gasteiger partial charge in [0.15, 0.2) is 17.2 Å². The summed E-state index contributed by atoms with van der Waals surface area (Å²) in [6, 6.07) is 5.85. The van der Waals surface area contributed by atoms with Crippen LogP contribution in [0.3, 0.4) is 0 Å². The van der Waals surface area contributed by atoms with Crippen LogP contribution in [0.15, 0.2) is 48.1 Å². The molecular formula is C28H35FNO7P. The third kappa shape index (κ3) is 4.10. The van der Waals surface area contributed by atoms with Crippen molar-refractivity contribution in [2.24, 2.45) is 34.5 Å². The number of phosphoric acid groups is 1. The first kappa shape index (κ1) is 27.3. The highest BCUT2D eigenvalue weighted by Crippen LogP contribution is 2.69. The molecule has 4 N–H and O–H groups in total. The number of aliphatic hydroxyl groups is 1. The third-order valence-corrected chi connectivity index (χ3v) is 10.7. The number of carbonyl (C=O) groups excluding carboxylic acids is 2. The van der Waals surface area contributed by atoms with Gasteiger partial charge >= 0.3 is 7.82 Å². The second kappa shape index (κ2) is 9.12. The fourth-order valence-corrected chi connectivity index (χ4v) is 8.92. The van der Waals surface area contributed by atoms with E-state index in [4.69, 9.17) is 14.8 Å². The fourth-order valence-electron chi connectivity index (χ4n) is 8.19. The fraction of sp³-hybridized carbons (Fsp3) is 0.571. The summed E-state index contributed by atoms with van der Waals surface area (Å²) in [7, 11) is -4.59. The van der Waals surface area contributed by atoms with Crippen molar-refractivity contribution in [2.75, 3.05) is 12.3 Å². The number of halogens is 1. The van der Waals surface area contributed by atoms with E-state index in [1.54, 1.807) is 13.0 Å². The minimum atomic E-state index is -4.59. The van der Waals surface area contributed by atoms with Crippen LogP contribution in [0.2, 0.25) is 0 Å². The Hall–Kier alpha value is -2.32. The molecule has 38 heavy (non-hydrogen) atoms. The normalized spacial score (nSPS) is 41.4. The molecule has 4 aliphatic carbocycles. The van der Waals surface area contributed by atoms with Crippen LogP contribution in [0.4, 0.5) is 10.1 Å². The maximum atomic E-state index is 17.2. The van der Waals surface area contributed by atoms with Crippen LogP contribution in [-0.4, -0.2) is 39.9 Å². The number of hydrogen-bond acceptors (Lipinski definition) is 7. The predicted octanol–water partition coefficient (Wildman–Crippen LogP) is 4.57. The van der Waals surface area contributed by atoms with E-state index in [1.807, 2.05) is 13.8 Å². The lowest BCUT2D eigenvalue weighted by Gasteiger charge is -2.62. The molecule has 0 bridgehead atoms. The van der Waals surface area contributed by atoms with Crippen molar-refractivity contribution in [1.29, 1.82) is 0 Å². The highest BCUT2D eigenvalue weighted by Gasteiger charge is 2.71. The highest BCUT2D eigenvalue weighted by atomic mass is 31.2.